The van der Waals surface area contributed by atoms with Crippen LogP contribution in [0, 0.1) is 18.3 Å². The maximum atomic E-state index is 9.02. The minimum Gasteiger partial charge on any atom is -0.370 e. The van der Waals surface area contributed by atoms with E-state index in [2.05, 4.69) is 28.0 Å². The highest BCUT2D eigenvalue weighted by Gasteiger charge is 2.28. The van der Waals surface area contributed by atoms with Crippen molar-refractivity contribution in [2.45, 2.75) is 38.6 Å². The Balaban J connectivity index is 1.67. The molecule has 2 aliphatic rings. The minimum atomic E-state index is 0.728. The molecule has 1 aromatic carbocycles. The Kier molecular flexibility index (Phi) is 3.93. The van der Waals surface area contributed by atoms with Crippen LogP contribution in [0.5, 0.6) is 0 Å². The topological polar surface area (TPSA) is 30.3 Å². The van der Waals surface area contributed by atoms with Gasteiger partial charge in [0.1, 0.15) is 0 Å². The zero-order valence-electron chi connectivity index (χ0n) is 12.3. The lowest BCUT2D eigenvalue weighted by Crippen LogP contribution is -2.40. The summed E-state index contributed by atoms with van der Waals surface area (Å²) in [6, 6.07) is 9.20. The fraction of sp³-hybridized carbons (Fsp3) is 0.588. The number of nitrogens with zero attached hydrogens (tertiary/aromatic N) is 3. The van der Waals surface area contributed by atoms with Crippen LogP contribution in [0.3, 0.4) is 0 Å². The van der Waals surface area contributed by atoms with Gasteiger partial charge in [-0.15, -0.1) is 0 Å². The van der Waals surface area contributed by atoms with Gasteiger partial charge in [0.05, 0.1) is 11.6 Å². The Morgan fingerprint density at radius 3 is 2.65 bits per heavy atom. The second kappa shape index (κ2) is 5.85. The molecule has 0 bridgehead atoms. The van der Waals surface area contributed by atoms with E-state index in [4.69, 9.17) is 5.26 Å². The minimum absolute atomic E-state index is 0.728. The average Bonchev–Trinajstić information content (AvgIpc) is 2.98. The SMILES string of the molecule is Cc1cc(N2CCC(N3CCCCC3)C2)ccc1C#N. The largest absolute Gasteiger partial charge is 0.370 e. The molecule has 2 fully saturated rings. The summed E-state index contributed by atoms with van der Waals surface area (Å²) in [6.07, 6.45) is 5.42. The van der Waals surface area contributed by atoms with Gasteiger partial charge in [-0.1, -0.05) is 6.42 Å². The van der Waals surface area contributed by atoms with Gasteiger partial charge in [-0.25, -0.2) is 0 Å². The molecule has 3 heteroatoms. The number of nitriles is 1. The van der Waals surface area contributed by atoms with Crippen LogP contribution in [-0.2, 0) is 0 Å². The van der Waals surface area contributed by atoms with Crippen molar-refractivity contribution in [1.29, 1.82) is 5.26 Å². The van der Waals surface area contributed by atoms with Crippen LogP contribution in [0.15, 0.2) is 18.2 Å². The Labute approximate surface area is 121 Å². The molecular formula is C17H23N3. The van der Waals surface area contributed by atoms with Crippen LogP contribution in [0.1, 0.15) is 36.8 Å². The van der Waals surface area contributed by atoms with E-state index >= 15 is 0 Å². The first-order valence-corrected chi connectivity index (χ1v) is 7.77. The van der Waals surface area contributed by atoms with Gasteiger partial charge in [-0.3, -0.25) is 4.90 Å². The molecule has 0 radical (unpaired) electrons. The van der Waals surface area contributed by atoms with Gasteiger partial charge >= 0.3 is 0 Å². The molecule has 3 nitrogen and oxygen atoms in total. The third kappa shape index (κ3) is 2.66. The molecule has 1 unspecified atom stereocenters. The van der Waals surface area contributed by atoms with E-state index in [0.29, 0.717) is 0 Å². The molecule has 0 aliphatic carbocycles. The Hall–Kier alpha value is -1.53. The van der Waals surface area contributed by atoms with E-state index < -0.39 is 0 Å². The second-order valence-corrected chi connectivity index (χ2v) is 6.10. The first-order chi connectivity index (χ1) is 9.78. The van der Waals surface area contributed by atoms with Crippen molar-refractivity contribution in [1.82, 2.24) is 4.90 Å². The maximum absolute atomic E-state index is 9.02. The van der Waals surface area contributed by atoms with Crippen molar-refractivity contribution in [3.63, 3.8) is 0 Å². The number of rotatable bonds is 2. The number of hydrogen-bond acceptors (Lipinski definition) is 3. The highest BCUT2D eigenvalue weighted by atomic mass is 15.3. The van der Waals surface area contributed by atoms with Crippen LogP contribution >= 0.6 is 0 Å². The number of piperidine rings is 1. The Morgan fingerprint density at radius 2 is 1.95 bits per heavy atom. The van der Waals surface area contributed by atoms with E-state index in [0.717, 1.165) is 30.3 Å². The van der Waals surface area contributed by atoms with Crippen LogP contribution in [0.2, 0.25) is 0 Å². The van der Waals surface area contributed by atoms with Crippen molar-refractivity contribution in [3.05, 3.63) is 29.3 Å². The number of benzene rings is 1. The summed E-state index contributed by atoms with van der Waals surface area (Å²) in [4.78, 5) is 5.16. The monoisotopic (exact) mass is 269 g/mol. The summed E-state index contributed by atoms with van der Waals surface area (Å²) < 4.78 is 0. The van der Waals surface area contributed by atoms with Gasteiger partial charge < -0.3 is 4.90 Å². The summed E-state index contributed by atoms with van der Waals surface area (Å²) in [7, 11) is 0. The van der Waals surface area contributed by atoms with E-state index in [1.54, 1.807) is 0 Å². The van der Waals surface area contributed by atoms with Crippen LogP contribution in [-0.4, -0.2) is 37.1 Å². The molecule has 20 heavy (non-hydrogen) atoms. The molecule has 1 atom stereocenters. The zero-order valence-corrected chi connectivity index (χ0v) is 12.3. The van der Waals surface area contributed by atoms with Crippen molar-refractivity contribution < 1.29 is 0 Å². The molecule has 1 aromatic rings. The number of likely N-dealkylation sites (tertiary alicyclic amines) is 1. The number of anilines is 1. The standard InChI is InChI=1S/C17H23N3/c1-14-11-16(6-5-15(14)12-18)20-10-7-17(13-20)19-8-3-2-4-9-19/h5-6,11,17H,2-4,7-10,13H2,1H3. The number of aryl methyl sites for hydroxylation is 1. The Bertz CT molecular complexity index is 511. The predicted octanol–water partition coefficient (Wildman–Crippen LogP) is 2.93. The summed E-state index contributed by atoms with van der Waals surface area (Å²) in [5.74, 6) is 0. The molecule has 106 valence electrons. The summed E-state index contributed by atoms with van der Waals surface area (Å²) >= 11 is 0. The van der Waals surface area contributed by atoms with Gasteiger partial charge in [0.25, 0.3) is 0 Å². The van der Waals surface area contributed by atoms with E-state index in [9.17, 15) is 0 Å². The Morgan fingerprint density at radius 1 is 1.15 bits per heavy atom. The van der Waals surface area contributed by atoms with Gasteiger partial charge in [0.15, 0.2) is 0 Å². The lowest BCUT2D eigenvalue weighted by Gasteiger charge is -2.32. The quantitative estimate of drug-likeness (QED) is 0.827. The van der Waals surface area contributed by atoms with Crippen LogP contribution < -0.4 is 4.90 Å². The van der Waals surface area contributed by atoms with Crippen molar-refractivity contribution in [2.75, 3.05) is 31.1 Å². The van der Waals surface area contributed by atoms with E-state index in [-0.39, 0.29) is 0 Å². The summed E-state index contributed by atoms with van der Waals surface area (Å²) in [6.45, 7) is 6.88. The fourth-order valence-corrected chi connectivity index (χ4v) is 3.53. The molecule has 2 heterocycles. The first kappa shape index (κ1) is 13.5. The van der Waals surface area contributed by atoms with Gasteiger partial charge in [0, 0.05) is 24.8 Å². The molecular weight excluding hydrogens is 246 g/mol. The smallest absolute Gasteiger partial charge is 0.0994 e. The third-order valence-corrected chi connectivity index (χ3v) is 4.77. The zero-order chi connectivity index (χ0) is 13.9. The fourth-order valence-electron chi connectivity index (χ4n) is 3.53. The third-order valence-electron chi connectivity index (χ3n) is 4.77. The van der Waals surface area contributed by atoms with Crippen molar-refractivity contribution >= 4 is 5.69 Å². The van der Waals surface area contributed by atoms with E-state index in [1.807, 2.05) is 13.0 Å². The molecule has 0 N–H and O–H groups in total. The summed E-state index contributed by atoms with van der Waals surface area (Å²) in [5.41, 5.74) is 3.16. The van der Waals surface area contributed by atoms with Crippen LogP contribution in [0.25, 0.3) is 0 Å². The lowest BCUT2D eigenvalue weighted by atomic mass is 10.1. The highest BCUT2D eigenvalue weighted by molar-refractivity contribution is 5.54. The first-order valence-electron chi connectivity index (χ1n) is 7.77. The molecule has 0 amide bonds. The normalized spacial score (nSPS) is 23.8. The van der Waals surface area contributed by atoms with Gasteiger partial charge in [-0.05, 0) is 63.0 Å². The summed E-state index contributed by atoms with van der Waals surface area (Å²) in [5, 5.41) is 9.02. The van der Waals surface area contributed by atoms with E-state index in [1.165, 1.54) is 44.5 Å². The number of hydrogen-bond donors (Lipinski definition) is 0. The maximum Gasteiger partial charge on any atom is 0.0994 e. The molecule has 0 saturated carbocycles. The molecule has 3 rings (SSSR count). The molecule has 2 saturated heterocycles. The van der Waals surface area contributed by atoms with Gasteiger partial charge in [-0.2, -0.15) is 5.26 Å². The molecule has 0 spiro atoms. The van der Waals surface area contributed by atoms with Crippen molar-refractivity contribution in [3.8, 4) is 6.07 Å². The average molecular weight is 269 g/mol. The predicted molar refractivity (Wildman–Crippen MR) is 81.9 cm³/mol. The van der Waals surface area contributed by atoms with Crippen LogP contribution in [0.4, 0.5) is 5.69 Å². The molecule has 2 aliphatic heterocycles. The second-order valence-electron chi connectivity index (χ2n) is 6.10. The highest BCUT2D eigenvalue weighted by Crippen LogP contribution is 2.26. The van der Waals surface area contributed by atoms with Crippen molar-refractivity contribution in [2.24, 2.45) is 0 Å². The van der Waals surface area contributed by atoms with Gasteiger partial charge in [0.2, 0.25) is 0 Å². The molecule has 0 aromatic heterocycles. The lowest BCUT2D eigenvalue weighted by molar-refractivity contribution is 0.175.